The maximum atomic E-state index is 13.0. The molecular weight excluding hydrogens is 361 g/mol. The highest BCUT2D eigenvalue weighted by Crippen LogP contribution is 2.28. The number of nitrogens with zero attached hydrogens (tertiary/aromatic N) is 1. The Balaban J connectivity index is 1.77. The minimum atomic E-state index is -0.480. The van der Waals surface area contributed by atoms with Gasteiger partial charge < -0.3 is 20.3 Å². The Labute approximate surface area is 163 Å². The topological polar surface area (TPSA) is 70.7 Å². The maximum absolute atomic E-state index is 13.0. The molecule has 0 atom stereocenters. The highest BCUT2D eigenvalue weighted by atomic mass is 19.1. The van der Waals surface area contributed by atoms with E-state index in [1.807, 2.05) is 6.07 Å². The average Bonchev–Trinajstić information content (AvgIpc) is 2.70. The molecule has 0 aliphatic carbocycles. The third kappa shape index (κ3) is 5.00. The number of benzene rings is 2. The van der Waals surface area contributed by atoms with Gasteiger partial charge in [0.2, 0.25) is 0 Å². The summed E-state index contributed by atoms with van der Waals surface area (Å²) in [4.78, 5) is 26.9. The molecule has 0 saturated carbocycles. The Morgan fingerprint density at radius 1 is 1.00 bits per heavy atom. The number of carbonyl (C=O) groups excluding carboxylic acids is 2. The fourth-order valence-electron chi connectivity index (χ4n) is 3.22. The minimum Gasteiger partial charge on any atom is -0.462 e. The van der Waals surface area contributed by atoms with Crippen LogP contribution in [0.3, 0.4) is 0 Å². The Kier molecular flexibility index (Phi) is 6.47. The summed E-state index contributed by atoms with van der Waals surface area (Å²) in [5.74, 6) is -0.788. The molecule has 0 aromatic heterocycles. The molecule has 148 valence electrons. The van der Waals surface area contributed by atoms with Crippen LogP contribution in [0.2, 0.25) is 0 Å². The quantitative estimate of drug-likeness (QED) is 0.736. The number of urea groups is 1. The first-order chi connectivity index (χ1) is 13.6. The van der Waals surface area contributed by atoms with Gasteiger partial charge in [-0.1, -0.05) is 0 Å². The lowest BCUT2D eigenvalue weighted by molar-refractivity contribution is 0.0527. The van der Waals surface area contributed by atoms with E-state index in [-0.39, 0.29) is 12.4 Å². The maximum Gasteiger partial charge on any atom is 0.340 e. The third-order valence-corrected chi connectivity index (χ3v) is 4.55. The first-order valence-corrected chi connectivity index (χ1v) is 9.46. The Bertz CT molecular complexity index is 833. The van der Waals surface area contributed by atoms with Gasteiger partial charge in [-0.2, -0.15) is 0 Å². The summed E-state index contributed by atoms with van der Waals surface area (Å²) < 4.78 is 18.2. The third-order valence-electron chi connectivity index (χ3n) is 4.55. The summed E-state index contributed by atoms with van der Waals surface area (Å²) in [6, 6.07) is 10.2. The van der Waals surface area contributed by atoms with Crippen LogP contribution in [-0.2, 0) is 4.74 Å². The second-order valence-electron chi connectivity index (χ2n) is 6.59. The van der Waals surface area contributed by atoms with Gasteiger partial charge in [-0.3, -0.25) is 0 Å². The Morgan fingerprint density at radius 2 is 1.64 bits per heavy atom. The molecule has 2 amide bonds. The number of carbonyl (C=O) groups is 2. The monoisotopic (exact) mass is 385 g/mol. The number of nitrogens with one attached hydrogen (secondary N) is 2. The summed E-state index contributed by atoms with van der Waals surface area (Å²) >= 11 is 0. The number of ether oxygens (including phenoxy) is 1. The van der Waals surface area contributed by atoms with Crippen LogP contribution >= 0.6 is 0 Å². The van der Waals surface area contributed by atoms with Crippen molar-refractivity contribution in [1.29, 1.82) is 0 Å². The molecule has 0 radical (unpaired) electrons. The molecule has 1 aliphatic rings. The van der Waals surface area contributed by atoms with Crippen LogP contribution in [0.1, 0.15) is 36.5 Å². The fourth-order valence-corrected chi connectivity index (χ4v) is 3.22. The summed E-state index contributed by atoms with van der Waals surface area (Å²) in [6.45, 7) is 3.83. The average molecular weight is 385 g/mol. The zero-order valence-electron chi connectivity index (χ0n) is 15.8. The lowest BCUT2D eigenvalue weighted by atomic mass is 10.1. The summed E-state index contributed by atoms with van der Waals surface area (Å²) in [6.07, 6.45) is 3.36. The van der Waals surface area contributed by atoms with Crippen molar-refractivity contribution in [3.63, 3.8) is 0 Å². The van der Waals surface area contributed by atoms with E-state index in [1.54, 1.807) is 19.1 Å². The molecule has 0 bridgehead atoms. The van der Waals surface area contributed by atoms with E-state index in [4.69, 9.17) is 4.74 Å². The minimum absolute atomic E-state index is 0.279. The molecular formula is C21H24FN3O3. The SMILES string of the molecule is CCOC(=O)c1cc(NC(=O)Nc2ccc(F)cc2)ccc1N1CCCCC1. The van der Waals surface area contributed by atoms with Crippen molar-refractivity contribution in [3.8, 4) is 0 Å². The first kappa shape index (κ1) is 19.7. The van der Waals surface area contributed by atoms with Crippen LogP contribution in [0.5, 0.6) is 0 Å². The Morgan fingerprint density at radius 3 is 2.32 bits per heavy atom. The van der Waals surface area contributed by atoms with Crippen molar-refractivity contribution in [1.82, 2.24) is 0 Å². The fraction of sp³-hybridized carbons (Fsp3) is 0.333. The van der Waals surface area contributed by atoms with Gasteiger partial charge in [-0.25, -0.2) is 14.0 Å². The molecule has 1 fully saturated rings. The van der Waals surface area contributed by atoms with E-state index in [1.165, 1.54) is 30.7 Å². The van der Waals surface area contributed by atoms with E-state index in [0.717, 1.165) is 31.6 Å². The number of anilines is 3. The zero-order chi connectivity index (χ0) is 19.9. The van der Waals surface area contributed by atoms with Crippen LogP contribution in [0.25, 0.3) is 0 Å². The predicted octanol–water partition coefficient (Wildman–Crippen LogP) is 4.64. The molecule has 1 saturated heterocycles. The molecule has 0 unspecified atom stereocenters. The molecule has 2 aromatic rings. The van der Waals surface area contributed by atoms with Gasteiger partial charge in [0.05, 0.1) is 17.9 Å². The molecule has 28 heavy (non-hydrogen) atoms. The highest BCUT2D eigenvalue weighted by Gasteiger charge is 2.20. The molecule has 6 nitrogen and oxygen atoms in total. The van der Waals surface area contributed by atoms with E-state index in [0.29, 0.717) is 16.9 Å². The van der Waals surface area contributed by atoms with Crippen LogP contribution < -0.4 is 15.5 Å². The highest BCUT2D eigenvalue weighted by molar-refractivity contribution is 6.02. The van der Waals surface area contributed by atoms with Gasteiger partial charge in [0, 0.05) is 24.5 Å². The van der Waals surface area contributed by atoms with E-state index >= 15 is 0 Å². The molecule has 7 heteroatoms. The van der Waals surface area contributed by atoms with E-state index in [9.17, 15) is 14.0 Å². The second-order valence-corrected chi connectivity index (χ2v) is 6.59. The number of hydrogen-bond donors (Lipinski definition) is 2. The van der Waals surface area contributed by atoms with Gasteiger partial charge in [0.25, 0.3) is 0 Å². The smallest absolute Gasteiger partial charge is 0.340 e. The van der Waals surface area contributed by atoms with Crippen molar-refractivity contribution < 1.29 is 18.7 Å². The van der Waals surface area contributed by atoms with E-state index in [2.05, 4.69) is 15.5 Å². The molecule has 0 spiro atoms. The Hall–Kier alpha value is -3.09. The van der Waals surface area contributed by atoms with Gasteiger partial charge in [-0.05, 0) is 68.7 Å². The molecule has 3 rings (SSSR count). The first-order valence-electron chi connectivity index (χ1n) is 9.46. The zero-order valence-corrected chi connectivity index (χ0v) is 15.8. The number of hydrogen-bond acceptors (Lipinski definition) is 4. The van der Waals surface area contributed by atoms with Crippen LogP contribution in [0.15, 0.2) is 42.5 Å². The van der Waals surface area contributed by atoms with Crippen molar-refractivity contribution in [2.45, 2.75) is 26.2 Å². The lowest BCUT2D eigenvalue weighted by Crippen LogP contribution is -2.31. The normalized spacial score (nSPS) is 13.7. The van der Waals surface area contributed by atoms with Crippen molar-refractivity contribution in [3.05, 3.63) is 53.8 Å². The number of halogens is 1. The summed E-state index contributed by atoms with van der Waals surface area (Å²) in [5, 5.41) is 5.33. The van der Waals surface area contributed by atoms with Crippen molar-refractivity contribution in [2.24, 2.45) is 0 Å². The van der Waals surface area contributed by atoms with Crippen LogP contribution in [0.4, 0.5) is 26.2 Å². The van der Waals surface area contributed by atoms with Gasteiger partial charge in [-0.15, -0.1) is 0 Å². The summed E-state index contributed by atoms with van der Waals surface area (Å²) in [7, 11) is 0. The lowest BCUT2D eigenvalue weighted by Gasteiger charge is -2.30. The molecule has 1 aliphatic heterocycles. The second kappa shape index (κ2) is 9.21. The van der Waals surface area contributed by atoms with Crippen LogP contribution in [-0.4, -0.2) is 31.7 Å². The predicted molar refractivity (Wildman–Crippen MR) is 108 cm³/mol. The number of rotatable bonds is 5. The van der Waals surface area contributed by atoms with Crippen molar-refractivity contribution >= 4 is 29.1 Å². The van der Waals surface area contributed by atoms with Crippen molar-refractivity contribution in [2.75, 3.05) is 35.2 Å². The summed E-state index contributed by atoms with van der Waals surface area (Å²) in [5.41, 5.74) is 2.20. The number of piperidine rings is 1. The largest absolute Gasteiger partial charge is 0.462 e. The standard InChI is InChI=1S/C21H24FN3O3/c1-2-28-20(26)18-14-17(10-11-19(18)25-12-4-3-5-13-25)24-21(27)23-16-8-6-15(22)7-9-16/h6-11,14H,2-5,12-13H2,1H3,(H2,23,24,27). The number of esters is 1. The molecule has 2 N–H and O–H groups in total. The molecule has 2 aromatic carbocycles. The van der Waals surface area contributed by atoms with Gasteiger partial charge in [0.15, 0.2) is 0 Å². The molecule has 1 heterocycles. The number of amides is 2. The van der Waals surface area contributed by atoms with Gasteiger partial charge in [0.1, 0.15) is 5.82 Å². The van der Waals surface area contributed by atoms with Gasteiger partial charge >= 0.3 is 12.0 Å². The van der Waals surface area contributed by atoms with E-state index < -0.39 is 12.0 Å². The van der Waals surface area contributed by atoms with Crippen LogP contribution in [0, 0.1) is 5.82 Å².